The smallest absolute Gasteiger partial charge is 0.290 e. The zero-order valence-electron chi connectivity index (χ0n) is 17.4. The Labute approximate surface area is 181 Å². The lowest BCUT2D eigenvalue weighted by atomic mass is 10.0. The molecule has 0 radical (unpaired) electrons. The highest BCUT2D eigenvalue weighted by atomic mass is 16.5. The van der Waals surface area contributed by atoms with Gasteiger partial charge in [-0.1, -0.05) is 35.5 Å². The van der Waals surface area contributed by atoms with E-state index in [1.54, 1.807) is 18.2 Å². The van der Waals surface area contributed by atoms with Gasteiger partial charge < -0.3 is 19.5 Å². The summed E-state index contributed by atoms with van der Waals surface area (Å²) in [6, 6.07) is 18.4. The quantitative estimate of drug-likeness (QED) is 0.657. The first-order valence-corrected chi connectivity index (χ1v) is 10.5. The van der Waals surface area contributed by atoms with Crippen LogP contribution in [0.3, 0.4) is 0 Å². The van der Waals surface area contributed by atoms with Crippen molar-refractivity contribution in [2.24, 2.45) is 0 Å². The van der Waals surface area contributed by atoms with Crippen molar-refractivity contribution in [3.8, 4) is 17.0 Å². The molecule has 2 heterocycles. The molecule has 4 rings (SSSR count). The minimum atomic E-state index is -0.286. The number of rotatable bonds is 6. The van der Waals surface area contributed by atoms with Gasteiger partial charge in [0.1, 0.15) is 11.4 Å². The molecule has 3 aromatic rings. The van der Waals surface area contributed by atoms with Crippen molar-refractivity contribution in [2.75, 3.05) is 19.7 Å². The first-order chi connectivity index (χ1) is 15.1. The molecule has 1 N–H and O–H groups in total. The lowest BCUT2D eigenvalue weighted by molar-refractivity contribution is 0.0695. The average Bonchev–Trinajstić information content (AvgIpc) is 3.31. The van der Waals surface area contributed by atoms with E-state index in [2.05, 4.69) is 10.5 Å². The van der Waals surface area contributed by atoms with Gasteiger partial charge in [0.25, 0.3) is 11.8 Å². The normalized spacial score (nSPS) is 14.3. The molecule has 31 heavy (non-hydrogen) atoms. The molecule has 2 aromatic carbocycles. The molecule has 0 atom stereocenters. The summed E-state index contributed by atoms with van der Waals surface area (Å²) < 4.78 is 10.7. The third-order valence-electron chi connectivity index (χ3n) is 5.33. The molecule has 0 saturated carbocycles. The maximum atomic E-state index is 12.7. The second kappa shape index (κ2) is 9.47. The number of carbonyl (C=O) groups excluding carboxylic acids is 2. The number of aromatic nitrogens is 1. The number of nitrogens with zero attached hydrogens (tertiary/aromatic N) is 2. The zero-order valence-corrected chi connectivity index (χ0v) is 17.4. The summed E-state index contributed by atoms with van der Waals surface area (Å²) in [7, 11) is 0. The number of amides is 2. The van der Waals surface area contributed by atoms with E-state index in [0.717, 1.165) is 11.3 Å². The number of hydrogen-bond acceptors (Lipinski definition) is 5. The molecule has 1 aromatic heterocycles. The molecule has 0 spiro atoms. The van der Waals surface area contributed by atoms with Crippen LogP contribution in [0.5, 0.6) is 5.75 Å². The fourth-order valence-corrected chi connectivity index (χ4v) is 3.65. The fourth-order valence-electron chi connectivity index (χ4n) is 3.65. The molecular formula is C24H25N3O4. The Balaban J connectivity index is 1.29. The van der Waals surface area contributed by atoms with Gasteiger partial charge in [-0.3, -0.25) is 9.59 Å². The molecule has 0 aliphatic carbocycles. The Morgan fingerprint density at radius 2 is 1.81 bits per heavy atom. The largest absolute Gasteiger partial charge is 0.494 e. The van der Waals surface area contributed by atoms with E-state index >= 15 is 0 Å². The molecule has 1 aliphatic heterocycles. The molecule has 0 bridgehead atoms. The van der Waals surface area contributed by atoms with E-state index < -0.39 is 0 Å². The van der Waals surface area contributed by atoms with Gasteiger partial charge in [0.2, 0.25) is 5.76 Å². The number of nitrogens with one attached hydrogen (secondary N) is 1. The Kier molecular flexibility index (Phi) is 6.31. The van der Waals surface area contributed by atoms with Crippen molar-refractivity contribution in [3.63, 3.8) is 0 Å². The topological polar surface area (TPSA) is 84.7 Å². The summed E-state index contributed by atoms with van der Waals surface area (Å²) >= 11 is 0. The first-order valence-electron chi connectivity index (χ1n) is 10.5. The standard InChI is InChI=1S/C24H25N3O4/c1-2-30-20-10-8-18(9-11-20)24(29)27-14-12-19(13-15-27)25-23(28)22-16-21(26-31-22)17-6-4-3-5-7-17/h3-11,16,19H,2,12-15H2,1H3,(H,25,28). The minimum absolute atomic E-state index is 0.00411. The predicted octanol–water partition coefficient (Wildman–Crippen LogP) is 3.77. The molecule has 2 amide bonds. The van der Waals surface area contributed by atoms with Crippen molar-refractivity contribution < 1.29 is 18.8 Å². The second-order valence-electron chi connectivity index (χ2n) is 7.44. The fraction of sp³-hybridized carbons (Fsp3) is 0.292. The highest BCUT2D eigenvalue weighted by Crippen LogP contribution is 2.20. The summed E-state index contributed by atoms with van der Waals surface area (Å²) in [6.45, 7) is 3.69. The first kappa shape index (κ1) is 20.7. The van der Waals surface area contributed by atoms with Crippen LogP contribution in [0.1, 0.15) is 40.7 Å². The second-order valence-corrected chi connectivity index (χ2v) is 7.44. The van der Waals surface area contributed by atoms with E-state index in [0.29, 0.717) is 43.8 Å². The van der Waals surface area contributed by atoms with Crippen LogP contribution in [0.4, 0.5) is 0 Å². The third kappa shape index (κ3) is 4.94. The summed E-state index contributed by atoms with van der Waals surface area (Å²) in [5.74, 6) is 0.650. The van der Waals surface area contributed by atoms with Gasteiger partial charge in [0.05, 0.1) is 6.61 Å². The lowest BCUT2D eigenvalue weighted by Crippen LogP contribution is -2.46. The van der Waals surface area contributed by atoms with Gasteiger partial charge in [-0.25, -0.2) is 0 Å². The maximum Gasteiger partial charge on any atom is 0.290 e. The average molecular weight is 419 g/mol. The van der Waals surface area contributed by atoms with Crippen LogP contribution >= 0.6 is 0 Å². The van der Waals surface area contributed by atoms with Crippen LogP contribution in [0.2, 0.25) is 0 Å². The number of ether oxygens (including phenoxy) is 1. The number of likely N-dealkylation sites (tertiary alicyclic amines) is 1. The van der Waals surface area contributed by atoms with Crippen LogP contribution in [0, 0.1) is 0 Å². The molecule has 7 heteroatoms. The molecule has 0 unspecified atom stereocenters. The van der Waals surface area contributed by atoms with Gasteiger partial charge in [-0.05, 0) is 44.0 Å². The van der Waals surface area contributed by atoms with Crippen LogP contribution < -0.4 is 10.1 Å². The minimum Gasteiger partial charge on any atom is -0.494 e. The van der Waals surface area contributed by atoms with Gasteiger partial charge in [-0.2, -0.15) is 0 Å². The monoisotopic (exact) mass is 419 g/mol. The third-order valence-corrected chi connectivity index (χ3v) is 5.33. The van der Waals surface area contributed by atoms with E-state index in [4.69, 9.17) is 9.26 Å². The van der Waals surface area contributed by atoms with Gasteiger partial charge in [0, 0.05) is 36.3 Å². The van der Waals surface area contributed by atoms with Crippen molar-refractivity contribution in [1.29, 1.82) is 0 Å². The van der Waals surface area contributed by atoms with Crippen molar-refractivity contribution in [3.05, 3.63) is 72.0 Å². The summed E-state index contributed by atoms with van der Waals surface area (Å²) in [6.07, 6.45) is 1.38. The number of benzene rings is 2. The Morgan fingerprint density at radius 3 is 2.48 bits per heavy atom. The molecule has 1 fully saturated rings. The Bertz CT molecular complexity index is 1020. The van der Waals surface area contributed by atoms with Gasteiger partial charge in [-0.15, -0.1) is 0 Å². The van der Waals surface area contributed by atoms with Crippen molar-refractivity contribution >= 4 is 11.8 Å². The Hall–Kier alpha value is -3.61. The van der Waals surface area contributed by atoms with Gasteiger partial charge in [0.15, 0.2) is 0 Å². The molecule has 1 saturated heterocycles. The zero-order chi connectivity index (χ0) is 21.6. The highest BCUT2D eigenvalue weighted by Gasteiger charge is 2.26. The van der Waals surface area contributed by atoms with E-state index in [1.165, 1.54) is 0 Å². The van der Waals surface area contributed by atoms with Crippen LogP contribution in [-0.4, -0.2) is 47.6 Å². The number of carbonyl (C=O) groups is 2. The van der Waals surface area contributed by atoms with E-state index in [-0.39, 0.29) is 23.6 Å². The van der Waals surface area contributed by atoms with Crippen molar-refractivity contribution in [1.82, 2.24) is 15.4 Å². The lowest BCUT2D eigenvalue weighted by Gasteiger charge is -2.32. The molecular weight excluding hydrogens is 394 g/mol. The Morgan fingerprint density at radius 1 is 1.10 bits per heavy atom. The van der Waals surface area contributed by atoms with E-state index in [9.17, 15) is 9.59 Å². The van der Waals surface area contributed by atoms with E-state index in [1.807, 2.05) is 54.3 Å². The van der Waals surface area contributed by atoms with Crippen molar-refractivity contribution in [2.45, 2.75) is 25.8 Å². The van der Waals surface area contributed by atoms with Crippen LogP contribution in [0.25, 0.3) is 11.3 Å². The van der Waals surface area contributed by atoms with Gasteiger partial charge >= 0.3 is 0 Å². The van der Waals surface area contributed by atoms with Crippen LogP contribution in [-0.2, 0) is 0 Å². The molecule has 160 valence electrons. The summed E-state index contributed by atoms with van der Waals surface area (Å²) in [4.78, 5) is 27.1. The highest BCUT2D eigenvalue weighted by molar-refractivity contribution is 5.94. The summed E-state index contributed by atoms with van der Waals surface area (Å²) in [5, 5.41) is 6.98. The summed E-state index contributed by atoms with van der Waals surface area (Å²) in [5.41, 5.74) is 2.16. The van der Waals surface area contributed by atoms with Crippen LogP contribution in [0.15, 0.2) is 65.2 Å². The number of piperidine rings is 1. The number of hydrogen-bond donors (Lipinski definition) is 1. The predicted molar refractivity (Wildman–Crippen MR) is 116 cm³/mol. The SMILES string of the molecule is CCOc1ccc(C(=O)N2CCC(NC(=O)c3cc(-c4ccccc4)no3)CC2)cc1. The maximum absolute atomic E-state index is 12.7. The molecule has 7 nitrogen and oxygen atoms in total. The molecule has 1 aliphatic rings.